The molecule has 1 aromatic heterocycles. The number of nitrogens with one attached hydrogen (secondary N) is 1. The van der Waals surface area contributed by atoms with E-state index in [2.05, 4.69) is 4.98 Å². The Kier molecular flexibility index (Phi) is 5.11. The summed E-state index contributed by atoms with van der Waals surface area (Å²) >= 11 is 0. The van der Waals surface area contributed by atoms with Gasteiger partial charge in [0.2, 0.25) is 0 Å². The minimum Gasteiger partial charge on any atom is -0.497 e. The number of carbonyl (C=O) groups is 3. The third-order valence-electron chi connectivity index (χ3n) is 4.42. The maximum atomic E-state index is 12.7. The molecular weight excluding hydrogens is 338 g/mol. The Morgan fingerprint density at radius 3 is 2.46 bits per heavy atom. The van der Waals surface area contributed by atoms with Crippen molar-refractivity contribution in [1.29, 1.82) is 0 Å². The van der Waals surface area contributed by atoms with Crippen molar-refractivity contribution >= 4 is 28.7 Å². The lowest BCUT2D eigenvalue weighted by molar-refractivity contribution is -0.128. The molecule has 1 fully saturated rings. The Labute approximate surface area is 150 Å². The summed E-state index contributed by atoms with van der Waals surface area (Å²) in [4.78, 5) is 43.0. The number of ketones is 1. The van der Waals surface area contributed by atoms with E-state index in [1.807, 2.05) is 0 Å². The van der Waals surface area contributed by atoms with Crippen molar-refractivity contribution in [2.24, 2.45) is 0 Å². The third-order valence-corrected chi connectivity index (χ3v) is 4.42. The molecule has 26 heavy (non-hydrogen) atoms. The van der Waals surface area contributed by atoms with Crippen LogP contribution in [0.1, 0.15) is 17.3 Å². The van der Waals surface area contributed by atoms with Crippen LogP contribution in [0.25, 0.3) is 10.9 Å². The van der Waals surface area contributed by atoms with Crippen LogP contribution >= 0.6 is 0 Å². The van der Waals surface area contributed by atoms with Crippen LogP contribution in [-0.4, -0.2) is 72.5 Å². The Bertz CT molecular complexity index is 836. The van der Waals surface area contributed by atoms with Crippen LogP contribution in [0.3, 0.4) is 0 Å². The van der Waals surface area contributed by atoms with Gasteiger partial charge in [-0.1, -0.05) is 0 Å². The highest BCUT2D eigenvalue weighted by Gasteiger charge is 2.30. The Balaban J connectivity index is 1.71. The van der Waals surface area contributed by atoms with Crippen molar-refractivity contribution in [2.45, 2.75) is 6.92 Å². The molecule has 2 heterocycles. The van der Waals surface area contributed by atoms with Crippen LogP contribution in [0, 0.1) is 0 Å². The number of methoxy groups -OCH3 is 1. The van der Waals surface area contributed by atoms with Gasteiger partial charge in [0.1, 0.15) is 5.75 Å². The summed E-state index contributed by atoms with van der Waals surface area (Å²) in [6.45, 7) is 3.34. The van der Waals surface area contributed by atoms with Gasteiger partial charge in [0.25, 0.3) is 11.7 Å². The molecule has 8 nitrogen and oxygen atoms in total. The molecule has 0 unspecified atom stereocenters. The highest BCUT2D eigenvalue weighted by Crippen LogP contribution is 2.24. The number of aromatic nitrogens is 1. The largest absolute Gasteiger partial charge is 0.497 e. The van der Waals surface area contributed by atoms with Gasteiger partial charge in [-0.2, -0.15) is 0 Å². The molecule has 0 spiro atoms. The van der Waals surface area contributed by atoms with Gasteiger partial charge in [-0.15, -0.1) is 0 Å². The number of rotatable bonds is 4. The lowest BCUT2D eigenvalue weighted by atomic mass is 10.1. The molecule has 0 radical (unpaired) electrons. The number of carbonyl (C=O) groups excluding carboxylic acids is 3. The van der Waals surface area contributed by atoms with Crippen molar-refractivity contribution in [3.8, 4) is 5.75 Å². The molecule has 1 aromatic carbocycles. The van der Waals surface area contributed by atoms with Crippen molar-refractivity contribution in [1.82, 2.24) is 14.8 Å². The van der Waals surface area contributed by atoms with E-state index >= 15 is 0 Å². The summed E-state index contributed by atoms with van der Waals surface area (Å²) in [6.07, 6.45) is 1.15. The van der Waals surface area contributed by atoms with Crippen LogP contribution in [-0.2, 0) is 9.53 Å². The van der Waals surface area contributed by atoms with Crippen LogP contribution < -0.4 is 4.74 Å². The Hall–Kier alpha value is -3.03. The standard InChI is InChI=1S/C18H21N3O5/c1-3-26-18(24)21-8-6-20(7-9-21)17(23)16(22)14-11-19-15-5-4-12(25-2)10-13(14)15/h4-5,10-11,19H,3,6-9H2,1-2H3. The van der Waals surface area contributed by atoms with Crippen molar-refractivity contribution in [2.75, 3.05) is 39.9 Å². The van der Waals surface area contributed by atoms with Gasteiger partial charge in [-0.3, -0.25) is 9.59 Å². The molecule has 8 heteroatoms. The quantitative estimate of drug-likeness (QED) is 0.662. The number of ether oxygens (including phenoxy) is 2. The number of nitrogens with zero attached hydrogens (tertiary/aromatic N) is 2. The fourth-order valence-electron chi connectivity index (χ4n) is 2.98. The SMILES string of the molecule is CCOC(=O)N1CCN(C(=O)C(=O)c2c[nH]c3ccc(OC)cc23)CC1. The van der Waals surface area contributed by atoms with Gasteiger partial charge in [0.05, 0.1) is 19.3 Å². The number of aromatic amines is 1. The average Bonchev–Trinajstić information content (AvgIpc) is 3.10. The minimum absolute atomic E-state index is 0.301. The fraction of sp³-hybridized carbons (Fsp3) is 0.389. The van der Waals surface area contributed by atoms with Crippen LogP contribution in [0.5, 0.6) is 5.75 Å². The topological polar surface area (TPSA) is 91.9 Å². The number of fused-ring (bicyclic) bond motifs is 1. The van der Waals surface area contributed by atoms with E-state index in [0.29, 0.717) is 49.5 Å². The van der Waals surface area contributed by atoms with Crippen molar-refractivity contribution in [3.63, 3.8) is 0 Å². The van der Waals surface area contributed by atoms with Crippen LogP contribution in [0.15, 0.2) is 24.4 Å². The normalized spacial score (nSPS) is 14.4. The van der Waals surface area contributed by atoms with Crippen LogP contribution in [0.4, 0.5) is 4.79 Å². The van der Waals surface area contributed by atoms with Crippen molar-refractivity contribution < 1.29 is 23.9 Å². The molecular formula is C18H21N3O5. The Morgan fingerprint density at radius 1 is 1.12 bits per heavy atom. The molecule has 2 amide bonds. The number of hydrogen-bond donors (Lipinski definition) is 1. The van der Waals surface area contributed by atoms with E-state index in [4.69, 9.17) is 9.47 Å². The molecule has 1 saturated heterocycles. The number of hydrogen-bond acceptors (Lipinski definition) is 5. The molecule has 138 valence electrons. The van der Waals surface area contributed by atoms with Crippen LogP contribution in [0.2, 0.25) is 0 Å². The molecule has 2 aromatic rings. The number of benzene rings is 1. The number of piperazine rings is 1. The van der Waals surface area contributed by atoms with Gasteiger partial charge in [0, 0.05) is 43.3 Å². The Morgan fingerprint density at radius 2 is 1.81 bits per heavy atom. The summed E-state index contributed by atoms with van der Waals surface area (Å²) in [5.41, 5.74) is 1.07. The first-order valence-electron chi connectivity index (χ1n) is 8.45. The van der Waals surface area contributed by atoms with E-state index in [9.17, 15) is 14.4 Å². The van der Waals surface area contributed by atoms with E-state index in [-0.39, 0.29) is 0 Å². The summed E-state index contributed by atoms with van der Waals surface area (Å²) in [5, 5.41) is 0.646. The van der Waals surface area contributed by atoms with Gasteiger partial charge in [-0.25, -0.2) is 4.79 Å². The van der Waals surface area contributed by atoms with Crippen molar-refractivity contribution in [3.05, 3.63) is 30.0 Å². The highest BCUT2D eigenvalue weighted by atomic mass is 16.6. The number of H-pyrrole nitrogens is 1. The zero-order valence-electron chi connectivity index (χ0n) is 14.8. The summed E-state index contributed by atoms with van der Waals surface area (Å²) in [6, 6.07) is 5.31. The van der Waals surface area contributed by atoms with E-state index in [1.165, 1.54) is 9.80 Å². The summed E-state index contributed by atoms with van der Waals surface area (Å²) in [7, 11) is 1.55. The molecule has 0 atom stereocenters. The molecule has 1 aliphatic heterocycles. The lowest BCUT2D eigenvalue weighted by Crippen LogP contribution is -2.52. The monoisotopic (exact) mass is 359 g/mol. The van der Waals surface area contributed by atoms with E-state index < -0.39 is 17.8 Å². The number of Topliss-reactive ketones (excluding diaryl/α,β-unsaturated/α-hetero) is 1. The first kappa shape index (κ1) is 17.8. The summed E-state index contributed by atoms with van der Waals surface area (Å²) in [5.74, 6) is -0.534. The van der Waals surface area contributed by atoms with E-state index in [0.717, 1.165) is 5.52 Å². The second-order valence-corrected chi connectivity index (χ2v) is 5.92. The highest BCUT2D eigenvalue weighted by molar-refractivity contribution is 6.44. The number of amides is 2. The summed E-state index contributed by atoms with van der Waals surface area (Å²) < 4.78 is 10.1. The van der Waals surface area contributed by atoms with Gasteiger partial charge in [0.15, 0.2) is 0 Å². The van der Waals surface area contributed by atoms with Gasteiger partial charge in [-0.05, 0) is 25.1 Å². The predicted molar refractivity (Wildman–Crippen MR) is 94.4 cm³/mol. The average molecular weight is 359 g/mol. The fourth-order valence-corrected chi connectivity index (χ4v) is 2.98. The second-order valence-electron chi connectivity index (χ2n) is 5.92. The molecule has 0 saturated carbocycles. The molecule has 0 aliphatic carbocycles. The van der Waals surface area contributed by atoms with E-state index in [1.54, 1.807) is 38.4 Å². The third kappa shape index (κ3) is 3.35. The lowest BCUT2D eigenvalue weighted by Gasteiger charge is -2.33. The zero-order chi connectivity index (χ0) is 18.7. The predicted octanol–water partition coefficient (Wildman–Crippen LogP) is 1.66. The zero-order valence-corrected chi connectivity index (χ0v) is 14.8. The maximum Gasteiger partial charge on any atom is 0.409 e. The molecule has 3 rings (SSSR count). The molecule has 1 N–H and O–H groups in total. The second kappa shape index (κ2) is 7.47. The van der Waals surface area contributed by atoms with Gasteiger partial charge >= 0.3 is 6.09 Å². The molecule has 1 aliphatic rings. The molecule has 0 bridgehead atoms. The maximum absolute atomic E-state index is 12.7. The first-order valence-corrected chi connectivity index (χ1v) is 8.45. The first-order chi connectivity index (χ1) is 12.5. The van der Waals surface area contributed by atoms with Gasteiger partial charge < -0.3 is 24.3 Å². The minimum atomic E-state index is -0.575. The smallest absolute Gasteiger partial charge is 0.409 e.